The molecular weight excluding hydrogens is 378 g/mol. The molecule has 0 radical (unpaired) electrons. The van der Waals surface area contributed by atoms with Crippen molar-refractivity contribution in [3.63, 3.8) is 0 Å². The van der Waals surface area contributed by atoms with Gasteiger partial charge in [0.05, 0.1) is 17.7 Å². The van der Waals surface area contributed by atoms with Crippen LogP contribution in [0.4, 0.5) is 0 Å². The highest BCUT2D eigenvalue weighted by Gasteiger charge is 2.30. The maximum atomic E-state index is 12.3. The highest BCUT2D eigenvalue weighted by molar-refractivity contribution is 6.02. The largest absolute Gasteiger partial charge is 0.507 e. The highest BCUT2D eigenvalue weighted by atomic mass is 16.3. The van der Waals surface area contributed by atoms with Crippen LogP contribution in [0.25, 0.3) is 0 Å². The van der Waals surface area contributed by atoms with Crippen molar-refractivity contribution in [3.8, 4) is 5.75 Å². The number of phenols is 1. The van der Waals surface area contributed by atoms with Gasteiger partial charge in [0.15, 0.2) is 5.78 Å². The molecule has 5 nitrogen and oxygen atoms in total. The molecule has 0 aliphatic rings. The minimum Gasteiger partial charge on any atom is -0.507 e. The standard InChI is InChI=1S/C25H43NO4/c1-2-3-4-5-6-7-8-9-10-11-12-13-14-19-22(28)23(26)25(30)24(29)20-17-15-16-18-21(20)27/h15-18,22-23,25,27-28,30H,2-14,19,26H2,1H3/t22-,23-,25?/m1/s1. The quantitative estimate of drug-likeness (QED) is 0.195. The lowest BCUT2D eigenvalue weighted by Gasteiger charge is -2.23. The van der Waals surface area contributed by atoms with Gasteiger partial charge < -0.3 is 21.1 Å². The van der Waals surface area contributed by atoms with Crippen LogP contribution in [0.3, 0.4) is 0 Å². The first-order chi connectivity index (χ1) is 14.5. The monoisotopic (exact) mass is 421 g/mol. The van der Waals surface area contributed by atoms with E-state index in [0.717, 1.165) is 19.3 Å². The Labute approximate surface area is 182 Å². The summed E-state index contributed by atoms with van der Waals surface area (Å²) in [6.07, 6.45) is 14.3. The van der Waals surface area contributed by atoms with Gasteiger partial charge in [-0.05, 0) is 18.6 Å². The molecule has 0 aliphatic carbocycles. The second-order valence-corrected chi connectivity index (χ2v) is 8.50. The smallest absolute Gasteiger partial charge is 0.196 e. The van der Waals surface area contributed by atoms with Gasteiger partial charge in [-0.25, -0.2) is 0 Å². The number of carbonyl (C=O) groups excluding carboxylic acids is 1. The molecule has 0 spiro atoms. The third-order valence-electron chi connectivity index (χ3n) is 5.85. The lowest BCUT2D eigenvalue weighted by Crippen LogP contribution is -2.48. The van der Waals surface area contributed by atoms with Gasteiger partial charge in [0, 0.05) is 0 Å². The van der Waals surface area contributed by atoms with Crippen molar-refractivity contribution in [1.82, 2.24) is 0 Å². The van der Waals surface area contributed by atoms with Crippen LogP contribution in [0.5, 0.6) is 5.75 Å². The number of para-hydroxylation sites is 1. The predicted molar refractivity (Wildman–Crippen MR) is 123 cm³/mol. The number of phenolic OH excluding ortho intramolecular Hbond substituents is 1. The molecule has 5 heteroatoms. The molecule has 0 saturated heterocycles. The van der Waals surface area contributed by atoms with E-state index in [1.165, 1.54) is 76.3 Å². The summed E-state index contributed by atoms with van der Waals surface area (Å²) >= 11 is 0. The Bertz CT molecular complexity index is 578. The molecule has 3 atom stereocenters. The zero-order chi connectivity index (χ0) is 22.2. The Morgan fingerprint density at radius 1 is 0.833 bits per heavy atom. The van der Waals surface area contributed by atoms with Gasteiger partial charge in [0.25, 0.3) is 0 Å². The molecule has 0 aromatic heterocycles. The Hall–Kier alpha value is -1.43. The molecule has 0 aliphatic heterocycles. The van der Waals surface area contributed by atoms with Crippen molar-refractivity contribution in [2.45, 2.75) is 115 Å². The molecular formula is C25H43NO4. The van der Waals surface area contributed by atoms with E-state index >= 15 is 0 Å². The third-order valence-corrected chi connectivity index (χ3v) is 5.85. The zero-order valence-corrected chi connectivity index (χ0v) is 18.8. The normalized spacial score (nSPS) is 14.4. The number of carbonyl (C=O) groups is 1. The predicted octanol–water partition coefficient (Wildman–Crippen LogP) is 5.11. The number of aliphatic hydroxyl groups excluding tert-OH is 2. The summed E-state index contributed by atoms with van der Waals surface area (Å²) in [4.78, 5) is 12.3. The number of hydrogen-bond acceptors (Lipinski definition) is 5. The van der Waals surface area contributed by atoms with Crippen molar-refractivity contribution in [3.05, 3.63) is 29.8 Å². The van der Waals surface area contributed by atoms with Gasteiger partial charge in [-0.3, -0.25) is 4.79 Å². The molecule has 0 saturated carbocycles. The summed E-state index contributed by atoms with van der Waals surface area (Å²) < 4.78 is 0. The van der Waals surface area contributed by atoms with Gasteiger partial charge in [0.1, 0.15) is 11.9 Å². The number of aromatic hydroxyl groups is 1. The van der Waals surface area contributed by atoms with Crippen molar-refractivity contribution in [1.29, 1.82) is 0 Å². The van der Waals surface area contributed by atoms with Crippen LogP contribution in [0.1, 0.15) is 107 Å². The minimum atomic E-state index is -1.53. The van der Waals surface area contributed by atoms with Crippen LogP contribution in [0.2, 0.25) is 0 Å². The molecule has 0 bridgehead atoms. The first-order valence-electron chi connectivity index (χ1n) is 11.9. The van der Waals surface area contributed by atoms with Crippen LogP contribution in [0.15, 0.2) is 24.3 Å². The van der Waals surface area contributed by atoms with Crippen LogP contribution in [-0.4, -0.2) is 39.4 Å². The fourth-order valence-corrected chi connectivity index (χ4v) is 3.79. The molecule has 5 N–H and O–H groups in total. The lowest BCUT2D eigenvalue weighted by molar-refractivity contribution is 0.0402. The van der Waals surface area contributed by atoms with E-state index in [1.807, 2.05) is 0 Å². The van der Waals surface area contributed by atoms with E-state index in [1.54, 1.807) is 12.1 Å². The SMILES string of the molecule is CCCCCCCCCCCCCCC[C@@H](O)[C@@H](N)C(O)C(=O)c1ccccc1O. The summed E-state index contributed by atoms with van der Waals surface area (Å²) in [5, 5.41) is 30.2. The van der Waals surface area contributed by atoms with E-state index in [-0.39, 0.29) is 11.3 Å². The maximum Gasteiger partial charge on any atom is 0.196 e. The van der Waals surface area contributed by atoms with Crippen molar-refractivity contribution in [2.75, 3.05) is 0 Å². The maximum absolute atomic E-state index is 12.3. The molecule has 0 fully saturated rings. The van der Waals surface area contributed by atoms with Gasteiger partial charge in [-0.2, -0.15) is 0 Å². The molecule has 30 heavy (non-hydrogen) atoms. The number of nitrogens with two attached hydrogens (primary N) is 1. The van der Waals surface area contributed by atoms with Crippen LogP contribution in [0, 0.1) is 0 Å². The van der Waals surface area contributed by atoms with Gasteiger partial charge in [0.2, 0.25) is 0 Å². The number of unbranched alkanes of at least 4 members (excludes halogenated alkanes) is 12. The average Bonchev–Trinajstić information content (AvgIpc) is 2.75. The van der Waals surface area contributed by atoms with E-state index in [9.17, 15) is 20.1 Å². The molecule has 1 rings (SSSR count). The van der Waals surface area contributed by atoms with Crippen molar-refractivity contribution < 1.29 is 20.1 Å². The van der Waals surface area contributed by atoms with E-state index in [4.69, 9.17) is 5.73 Å². The zero-order valence-electron chi connectivity index (χ0n) is 18.8. The highest BCUT2D eigenvalue weighted by Crippen LogP contribution is 2.20. The summed E-state index contributed by atoms with van der Waals surface area (Å²) in [6.45, 7) is 2.25. The Balaban J connectivity index is 2.09. The molecule has 172 valence electrons. The molecule has 1 aromatic rings. The average molecular weight is 422 g/mol. The Kier molecular flexibility index (Phi) is 14.4. The number of ketones is 1. The number of rotatable bonds is 18. The summed E-state index contributed by atoms with van der Waals surface area (Å²) in [7, 11) is 0. The number of benzene rings is 1. The van der Waals surface area contributed by atoms with Crippen LogP contribution >= 0.6 is 0 Å². The number of Topliss-reactive ketones (excluding diaryl/α,β-unsaturated/α-hetero) is 1. The van der Waals surface area contributed by atoms with Crippen molar-refractivity contribution in [2.24, 2.45) is 5.73 Å². The van der Waals surface area contributed by atoms with Gasteiger partial charge >= 0.3 is 0 Å². The fraction of sp³-hybridized carbons (Fsp3) is 0.720. The van der Waals surface area contributed by atoms with E-state index < -0.39 is 24.0 Å². The lowest BCUT2D eigenvalue weighted by atomic mass is 9.94. The van der Waals surface area contributed by atoms with Gasteiger partial charge in [-0.15, -0.1) is 0 Å². The molecule has 1 unspecified atom stereocenters. The second-order valence-electron chi connectivity index (χ2n) is 8.50. The summed E-state index contributed by atoms with van der Waals surface area (Å²) in [5.74, 6) is -0.857. The first kappa shape index (κ1) is 26.6. The van der Waals surface area contributed by atoms with Crippen LogP contribution in [-0.2, 0) is 0 Å². The molecule has 1 aromatic carbocycles. The van der Waals surface area contributed by atoms with Crippen molar-refractivity contribution >= 4 is 5.78 Å². The first-order valence-corrected chi connectivity index (χ1v) is 11.9. The van der Waals surface area contributed by atoms with Crippen LogP contribution < -0.4 is 5.73 Å². The van der Waals surface area contributed by atoms with Gasteiger partial charge in [-0.1, -0.05) is 103 Å². The molecule has 0 heterocycles. The summed E-state index contributed by atoms with van der Waals surface area (Å²) in [5.41, 5.74) is 5.92. The second kappa shape index (κ2) is 16.3. The van der Waals surface area contributed by atoms with E-state index in [0.29, 0.717) is 6.42 Å². The summed E-state index contributed by atoms with van der Waals surface area (Å²) in [6, 6.07) is 4.97. The fourth-order valence-electron chi connectivity index (χ4n) is 3.79. The number of hydrogen-bond donors (Lipinski definition) is 4. The third kappa shape index (κ3) is 10.6. The minimum absolute atomic E-state index is 0.0219. The Morgan fingerprint density at radius 3 is 1.80 bits per heavy atom. The van der Waals surface area contributed by atoms with E-state index in [2.05, 4.69) is 6.92 Å². The Morgan fingerprint density at radius 2 is 1.30 bits per heavy atom. The topological polar surface area (TPSA) is 104 Å². The molecule has 0 amide bonds. The number of aliphatic hydroxyl groups is 2.